The Hall–Kier alpha value is -2.48. The van der Waals surface area contributed by atoms with Crippen LogP contribution in [0, 0.1) is 11.3 Å². The second-order valence-corrected chi connectivity index (χ2v) is 3.63. The van der Waals surface area contributed by atoms with E-state index in [1.807, 2.05) is 12.1 Å². The zero-order valence-corrected chi connectivity index (χ0v) is 9.15. The predicted octanol–water partition coefficient (Wildman–Crippen LogP) is 1.88. The molecule has 0 unspecified atom stereocenters. The van der Waals surface area contributed by atoms with E-state index >= 15 is 0 Å². The van der Waals surface area contributed by atoms with Crippen molar-refractivity contribution in [3.8, 4) is 17.6 Å². The summed E-state index contributed by atoms with van der Waals surface area (Å²) in [5, 5.41) is 12.9. The number of ether oxygens (including phenoxy) is 2. The first-order chi connectivity index (χ1) is 8.33. The second-order valence-electron chi connectivity index (χ2n) is 3.63. The molecule has 0 bridgehead atoms. The van der Waals surface area contributed by atoms with Crippen molar-refractivity contribution in [1.82, 2.24) is 4.98 Å². The monoisotopic (exact) mass is 227 g/mol. The lowest BCUT2D eigenvalue weighted by Crippen LogP contribution is -1.95. The van der Waals surface area contributed by atoms with Crippen molar-refractivity contribution in [2.45, 2.75) is 0 Å². The van der Waals surface area contributed by atoms with Crippen molar-refractivity contribution >= 4 is 16.6 Å². The van der Waals surface area contributed by atoms with Gasteiger partial charge in [-0.15, -0.1) is 0 Å². The summed E-state index contributed by atoms with van der Waals surface area (Å²) in [7, 11) is 1.78. The topological polar surface area (TPSA) is 67.2 Å². The minimum Gasteiger partial charge on any atom is -0.454 e. The highest BCUT2D eigenvalue weighted by Gasteiger charge is 2.17. The van der Waals surface area contributed by atoms with E-state index in [1.165, 1.54) is 0 Å². The third-order valence-electron chi connectivity index (χ3n) is 2.73. The van der Waals surface area contributed by atoms with E-state index in [0.717, 1.165) is 16.6 Å². The highest BCUT2D eigenvalue weighted by Crippen LogP contribution is 2.38. The van der Waals surface area contributed by atoms with Gasteiger partial charge in [0.25, 0.3) is 0 Å². The van der Waals surface area contributed by atoms with Gasteiger partial charge in [-0.1, -0.05) is 0 Å². The van der Waals surface area contributed by atoms with E-state index in [-0.39, 0.29) is 6.79 Å². The minimum atomic E-state index is 0.228. The normalized spacial score (nSPS) is 12.5. The Morgan fingerprint density at radius 2 is 2.12 bits per heavy atom. The maximum Gasteiger partial charge on any atom is 0.231 e. The third-order valence-corrected chi connectivity index (χ3v) is 2.73. The zero-order chi connectivity index (χ0) is 11.8. The Bertz CT molecular complexity index is 646. The number of pyridine rings is 1. The number of hydrogen-bond acceptors (Lipinski definition) is 5. The smallest absolute Gasteiger partial charge is 0.231 e. The SMILES string of the molecule is CNc1c(C#N)cnc2cc3c(cc12)OCO3. The average Bonchev–Trinajstić information content (AvgIpc) is 2.81. The number of benzene rings is 1. The molecule has 17 heavy (non-hydrogen) atoms. The molecule has 0 amide bonds. The highest BCUT2D eigenvalue weighted by molar-refractivity contribution is 5.96. The standard InChI is InChI=1S/C12H9N3O2/c1-14-12-7(4-13)5-15-9-3-11-10(2-8(9)12)16-6-17-11/h2-3,5H,6H2,1H3,(H,14,15). The van der Waals surface area contributed by atoms with E-state index in [4.69, 9.17) is 14.7 Å². The van der Waals surface area contributed by atoms with Crippen LogP contribution in [-0.2, 0) is 0 Å². The minimum absolute atomic E-state index is 0.228. The summed E-state index contributed by atoms with van der Waals surface area (Å²) in [4.78, 5) is 4.24. The molecule has 84 valence electrons. The van der Waals surface area contributed by atoms with Gasteiger partial charge in [-0.2, -0.15) is 5.26 Å². The first-order valence-electron chi connectivity index (χ1n) is 5.13. The molecule has 1 aromatic heterocycles. The van der Waals surface area contributed by atoms with Crippen molar-refractivity contribution < 1.29 is 9.47 Å². The number of fused-ring (bicyclic) bond motifs is 2. The number of hydrogen-bond donors (Lipinski definition) is 1. The summed E-state index contributed by atoms with van der Waals surface area (Å²) in [5.41, 5.74) is 2.05. The third kappa shape index (κ3) is 1.35. The zero-order valence-electron chi connectivity index (χ0n) is 9.15. The van der Waals surface area contributed by atoms with Crippen molar-refractivity contribution in [3.05, 3.63) is 23.9 Å². The molecule has 0 aliphatic carbocycles. The molecule has 0 saturated heterocycles. The van der Waals surface area contributed by atoms with Crippen molar-refractivity contribution in [3.63, 3.8) is 0 Å². The Labute approximate surface area is 97.6 Å². The van der Waals surface area contributed by atoms with Crippen LogP contribution in [0.4, 0.5) is 5.69 Å². The largest absolute Gasteiger partial charge is 0.454 e. The van der Waals surface area contributed by atoms with Crippen LogP contribution < -0.4 is 14.8 Å². The molecule has 3 rings (SSSR count). The lowest BCUT2D eigenvalue weighted by Gasteiger charge is -2.08. The molecular weight excluding hydrogens is 218 g/mol. The highest BCUT2D eigenvalue weighted by atomic mass is 16.7. The second kappa shape index (κ2) is 3.52. The van der Waals surface area contributed by atoms with Crippen molar-refractivity contribution in [2.24, 2.45) is 0 Å². The summed E-state index contributed by atoms with van der Waals surface area (Å²) < 4.78 is 10.6. The molecule has 5 nitrogen and oxygen atoms in total. The summed E-state index contributed by atoms with van der Waals surface area (Å²) >= 11 is 0. The van der Waals surface area contributed by atoms with Gasteiger partial charge in [0.15, 0.2) is 11.5 Å². The van der Waals surface area contributed by atoms with Crippen LogP contribution in [0.15, 0.2) is 18.3 Å². The Kier molecular flexibility index (Phi) is 2.02. The van der Waals surface area contributed by atoms with Crippen molar-refractivity contribution in [1.29, 1.82) is 5.26 Å². The number of rotatable bonds is 1. The number of nitriles is 1. The summed E-state index contributed by atoms with van der Waals surface area (Å²) in [6, 6.07) is 5.77. The molecule has 1 aliphatic heterocycles. The van der Waals surface area contributed by atoms with Crippen LogP contribution in [0.2, 0.25) is 0 Å². The van der Waals surface area contributed by atoms with E-state index in [2.05, 4.69) is 16.4 Å². The summed E-state index contributed by atoms with van der Waals surface area (Å²) in [6.07, 6.45) is 1.55. The lowest BCUT2D eigenvalue weighted by molar-refractivity contribution is 0.174. The molecule has 5 heteroatoms. The molecule has 0 fully saturated rings. The van der Waals surface area contributed by atoms with Gasteiger partial charge in [-0.05, 0) is 6.07 Å². The van der Waals surface area contributed by atoms with E-state index < -0.39 is 0 Å². The van der Waals surface area contributed by atoms with Gasteiger partial charge in [0.2, 0.25) is 6.79 Å². The molecule has 0 spiro atoms. The summed E-state index contributed by atoms with van der Waals surface area (Å²) in [5.74, 6) is 1.38. The molecule has 1 aliphatic rings. The first-order valence-corrected chi connectivity index (χ1v) is 5.13. The predicted molar refractivity (Wildman–Crippen MR) is 62.1 cm³/mol. The van der Waals surface area contributed by atoms with Gasteiger partial charge >= 0.3 is 0 Å². The average molecular weight is 227 g/mol. The number of aromatic nitrogens is 1. The van der Waals surface area contributed by atoms with Crippen LogP contribution in [-0.4, -0.2) is 18.8 Å². The van der Waals surface area contributed by atoms with Crippen LogP contribution in [0.3, 0.4) is 0 Å². The van der Waals surface area contributed by atoms with Crippen molar-refractivity contribution in [2.75, 3.05) is 19.2 Å². The molecule has 0 saturated carbocycles. The van der Waals surface area contributed by atoms with Gasteiger partial charge in [-0.3, -0.25) is 4.98 Å². The lowest BCUT2D eigenvalue weighted by atomic mass is 10.1. The van der Waals surface area contributed by atoms with Crippen LogP contribution in [0.25, 0.3) is 10.9 Å². The number of nitrogens with zero attached hydrogens (tertiary/aromatic N) is 2. The van der Waals surface area contributed by atoms with Gasteiger partial charge in [0.1, 0.15) is 6.07 Å². The van der Waals surface area contributed by atoms with E-state index in [0.29, 0.717) is 17.1 Å². The van der Waals surface area contributed by atoms with E-state index in [1.54, 1.807) is 13.2 Å². The molecule has 2 heterocycles. The van der Waals surface area contributed by atoms with Gasteiger partial charge in [-0.25, -0.2) is 0 Å². The summed E-state index contributed by atoms with van der Waals surface area (Å²) in [6.45, 7) is 0.228. The molecular formula is C12H9N3O2. The van der Waals surface area contributed by atoms with Crippen LogP contribution in [0.1, 0.15) is 5.56 Å². The van der Waals surface area contributed by atoms with E-state index in [9.17, 15) is 0 Å². The number of anilines is 1. The molecule has 0 atom stereocenters. The van der Waals surface area contributed by atoms with Crippen LogP contribution >= 0.6 is 0 Å². The molecule has 1 aromatic carbocycles. The van der Waals surface area contributed by atoms with Gasteiger partial charge in [0, 0.05) is 24.7 Å². The maximum absolute atomic E-state index is 9.02. The molecule has 1 N–H and O–H groups in total. The first kappa shape index (κ1) is 9.73. The Morgan fingerprint density at radius 1 is 1.35 bits per heavy atom. The quantitative estimate of drug-likeness (QED) is 0.805. The molecule has 0 radical (unpaired) electrons. The van der Waals surface area contributed by atoms with Crippen LogP contribution in [0.5, 0.6) is 11.5 Å². The Balaban J connectivity index is 2.36. The van der Waals surface area contributed by atoms with Gasteiger partial charge < -0.3 is 14.8 Å². The fourth-order valence-corrected chi connectivity index (χ4v) is 1.94. The fraction of sp³-hybridized carbons (Fsp3) is 0.167. The fourth-order valence-electron chi connectivity index (χ4n) is 1.94. The molecule has 2 aromatic rings. The van der Waals surface area contributed by atoms with Gasteiger partial charge in [0.05, 0.1) is 16.8 Å². The maximum atomic E-state index is 9.02. The number of nitrogens with one attached hydrogen (secondary N) is 1. The Morgan fingerprint density at radius 3 is 2.82 bits per heavy atom.